The Kier molecular flexibility index (Phi) is 3.86. The van der Waals surface area contributed by atoms with Crippen molar-refractivity contribution in [2.45, 2.75) is 32.2 Å². The third kappa shape index (κ3) is 2.41. The molecule has 18 heavy (non-hydrogen) atoms. The lowest BCUT2D eigenvalue weighted by Gasteiger charge is -2.32. The molecule has 3 nitrogen and oxygen atoms in total. The number of alkyl halides is 2. The van der Waals surface area contributed by atoms with Gasteiger partial charge in [0, 0.05) is 5.56 Å². The third-order valence-corrected chi connectivity index (χ3v) is 2.88. The molecule has 2 N–H and O–H groups in total. The van der Waals surface area contributed by atoms with E-state index in [4.69, 9.17) is 15.2 Å². The van der Waals surface area contributed by atoms with Crippen LogP contribution in [0.2, 0.25) is 0 Å². The summed E-state index contributed by atoms with van der Waals surface area (Å²) < 4.78 is 38.6. The van der Waals surface area contributed by atoms with Gasteiger partial charge in [0.25, 0.3) is 5.92 Å². The number of nitrogens with two attached hydrogens (primary N) is 1. The molecule has 1 rings (SSSR count). The number of rotatable bonds is 4. The molecule has 0 aliphatic heterocycles. The van der Waals surface area contributed by atoms with Gasteiger partial charge in [0.15, 0.2) is 11.5 Å². The maximum absolute atomic E-state index is 14.3. The third-order valence-electron chi connectivity index (χ3n) is 2.88. The number of benzene rings is 1. The van der Waals surface area contributed by atoms with E-state index in [9.17, 15) is 8.78 Å². The summed E-state index contributed by atoms with van der Waals surface area (Å²) in [5.74, 6) is -2.47. The molecular weight excluding hydrogens is 240 g/mol. The van der Waals surface area contributed by atoms with Crippen molar-refractivity contribution in [1.29, 1.82) is 0 Å². The van der Waals surface area contributed by atoms with Crippen LogP contribution in [0.3, 0.4) is 0 Å². The second kappa shape index (κ2) is 4.72. The van der Waals surface area contributed by atoms with Crippen LogP contribution in [0.4, 0.5) is 8.78 Å². The molecule has 0 heterocycles. The molecule has 1 aromatic carbocycles. The van der Waals surface area contributed by atoms with Gasteiger partial charge >= 0.3 is 0 Å². The van der Waals surface area contributed by atoms with Gasteiger partial charge in [-0.15, -0.1) is 0 Å². The molecular formula is C13H19F2NO2. The van der Waals surface area contributed by atoms with Gasteiger partial charge in [0.05, 0.1) is 19.8 Å². The van der Waals surface area contributed by atoms with E-state index >= 15 is 0 Å². The summed E-state index contributed by atoms with van der Waals surface area (Å²) in [6.45, 7) is 4.18. The highest BCUT2D eigenvalue weighted by molar-refractivity contribution is 5.49. The topological polar surface area (TPSA) is 44.5 Å². The van der Waals surface area contributed by atoms with Crippen molar-refractivity contribution in [3.63, 3.8) is 0 Å². The Morgan fingerprint density at radius 3 is 1.89 bits per heavy atom. The first kappa shape index (κ1) is 14.7. The molecule has 102 valence electrons. The highest BCUT2D eigenvalue weighted by Crippen LogP contribution is 2.42. The van der Waals surface area contributed by atoms with Gasteiger partial charge in [-0.25, -0.2) is 0 Å². The summed E-state index contributed by atoms with van der Waals surface area (Å²) in [6.07, 6.45) is 0. The Bertz CT molecular complexity index is 439. The lowest BCUT2D eigenvalue weighted by molar-refractivity contribution is -0.0679. The van der Waals surface area contributed by atoms with Gasteiger partial charge in [-0.05, 0) is 38.5 Å². The predicted molar refractivity (Wildman–Crippen MR) is 66.4 cm³/mol. The van der Waals surface area contributed by atoms with Crippen LogP contribution in [0.25, 0.3) is 0 Å². The van der Waals surface area contributed by atoms with Crippen molar-refractivity contribution in [3.05, 3.63) is 23.3 Å². The minimum Gasteiger partial charge on any atom is -0.493 e. The molecule has 0 saturated heterocycles. The largest absolute Gasteiger partial charge is 0.493 e. The van der Waals surface area contributed by atoms with Crippen molar-refractivity contribution in [2.24, 2.45) is 5.73 Å². The summed E-state index contributed by atoms with van der Waals surface area (Å²) in [5.41, 5.74) is 4.17. The second-order valence-electron chi connectivity index (χ2n) is 4.82. The lowest BCUT2D eigenvalue weighted by atomic mass is 9.88. The van der Waals surface area contributed by atoms with E-state index in [-0.39, 0.29) is 11.3 Å². The van der Waals surface area contributed by atoms with E-state index in [0.717, 1.165) is 0 Å². The first-order valence-corrected chi connectivity index (χ1v) is 5.55. The van der Waals surface area contributed by atoms with Crippen LogP contribution >= 0.6 is 0 Å². The first-order chi connectivity index (χ1) is 8.15. The number of ether oxygens (including phenoxy) is 2. The average Bonchev–Trinajstić information content (AvgIpc) is 2.26. The van der Waals surface area contributed by atoms with Crippen LogP contribution in [-0.4, -0.2) is 19.8 Å². The van der Waals surface area contributed by atoms with Gasteiger partial charge in [0.1, 0.15) is 0 Å². The van der Waals surface area contributed by atoms with Crippen molar-refractivity contribution in [2.75, 3.05) is 14.2 Å². The molecule has 0 atom stereocenters. The highest BCUT2D eigenvalue weighted by atomic mass is 19.3. The maximum Gasteiger partial charge on any atom is 0.290 e. The summed E-state index contributed by atoms with van der Waals surface area (Å²) in [7, 11) is 2.87. The van der Waals surface area contributed by atoms with E-state index in [1.165, 1.54) is 40.2 Å². The van der Waals surface area contributed by atoms with Gasteiger partial charge in [-0.2, -0.15) is 8.78 Å². The normalized spacial score (nSPS) is 12.4. The zero-order chi connectivity index (χ0) is 14.1. The minimum absolute atomic E-state index is 0.146. The molecule has 0 aliphatic rings. The van der Waals surface area contributed by atoms with Crippen LogP contribution in [0.15, 0.2) is 12.1 Å². The SMILES string of the molecule is COc1cc(C)c(C(F)(F)C(C)(C)N)cc1OC. The zero-order valence-corrected chi connectivity index (χ0v) is 11.3. The minimum atomic E-state index is -3.16. The standard InChI is InChI=1S/C13H19F2NO2/c1-8-6-10(17-4)11(18-5)7-9(8)13(14,15)12(2,3)16/h6-7H,16H2,1-5H3. The Hall–Kier alpha value is -1.36. The van der Waals surface area contributed by atoms with Gasteiger partial charge in [-0.3, -0.25) is 0 Å². The van der Waals surface area contributed by atoms with Crippen molar-refractivity contribution in [3.8, 4) is 11.5 Å². The summed E-state index contributed by atoms with van der Waals surface area (Å²) in [5, 5.41) is 0. The monoisotopic (exact) mass is 259 g/mol. The number of methoxy groups -OCH3 is 2. The molecule has 0 radical (unpaired) electrons. The van der Waals surface area contributed by atoms with E-state index in [0.29, 0.717) is 11.3 Å². The Labute approximate surface area is 106 Å². The van der Waals surface area contributed by atoms with Crippen LogP contribution in [-0.2, 0) is 5.92 Å². The number of hydrogen-bond acceptors (Lipinski definition) is 3. The van der Waals surface area contributed by atoms with Crippen molar-refractivity contribution >= 4 is 0 Å². The van der Waals surface area contributed by atoms with E-state index in [1.54, 1.807) is 6.92 Å². The maximum atomic E-state index is 14.3. The van der Waals surface area contributed by atoms with Gasteiger partial charge in [-0.1, -0.05) is 0 Å². The fourth-order valence-corrected chi connectivity index (χ4v) is 1.67. The van der Waals surface area contributed by atoms with Crippen LogP contribution in [0, 0.1) is 6.92 Å². The smallest absolute Gasteiger partial charge is 0.290 e. The Morgan fingerprint density at radius 2 is 1.50 bits per heavy atom. The number of halogens is 2. The second-order valence-corrected chi connectivity index (χ2v) is 4.82. The van der Waals surface area contributed by atoms with Crippen molar-refractivity contribution in [1.82, 2.24) is 0 Å². The Balaban J connectivity index is 3.43. The summed E-state index contributed by atoms with van der Waals surface area (Å²) >= 11 is 0. The molecule has 0 spiro atoms. The Morgan fingerprint density at radius 1 is 1.06 bits per heavy atom. The van der Waals surface area contributed by atoms with E-state index in [1.807, 2.05) is 0 Å². The quantitative estimate of drug-likeness (QED) is 0.904. The molecule has 1 aromatic rings. The van der Waals surface area contributed by atoms with E-state index < -0.39 is 11.5 Å². The number of aryl methyl sites for hydroxylation is 1. The average molecular weight is 259 g/mol. The molecule has 0 unspecified atom stereocenters. The van der Waals surface area contributed by atoms with E-state index in [2.05, 4.69) is 0 Å². The molecule has 0 bridgehead atoms. The number of hydrogen-bond donors (Lipinski definition) is 1. The van der Waals surface area contributed by atoms with Crippen LogP contribution in [0.5, 0.6) is 11.5 Å². The fraction of sp³-hybridized carbons (Fsp3) is 0.538. The first-order valence-electron chi connectivity index (χ1n) is 5.55. The molecule has 0 fully saturated rings. The van der Waals surface area contributed by atoms with Crippen LogP contribution < -0.4 is 15.2 Å². The molecule has 0 amide bonds. The molecule has 0 saturated carbocycles. The summed E-state index contributed by atoms with van der Waals surface area (Å²) in [6, 6.07) is 2.80. The lowest BCUT2D eigenvalue weighted by Crippen LogP contribution is -2.48. The molecule has 5 heteroatoms. The molecule has 0 aromatic heterocycles. The zero-order valence-electron chi connectivity index (χ0n) is 11.3. The van der Waals surface area contributed by atoms with Crippen LogP contribution in [0.1, 0.15) is 25.0 Å². The highest BCUT2D eigenvalue weighted by Gasteiger charge is 2.46. The van der Waals surface area contributed by atoms with Gasteiger partial charge in [0.2, 0.25) is 0 Å². The van der Waals surface area contributed by atoms with Crippen molar-refractivity contribution < 1.29 is 18.3 Å². The predicted octanol–water partition coefficient (Wildman–Crippen LogP) is 2.84. The fourth-order valence-electron chi connectivity index (χ4n) is 1.67. The molecule has 0 aliphatic carbocycles. The van der Waals surface area contributed by atoms with Gasteiger partial charge < -0.3 is 15.2 Å². The summed E-state index contributed by atoms with van der Waals surface area (Å²) in [4.78, 5) is 0.